The standard InChI is InChI=1S/C20H22Cl2N2O2/c1-3-9-24(10-4-2)20(26)14-5-7-18(8-6-14)23-19(25)15-11-16(21)13-17(22)12-15/h5-8,11-13H,3-4,9-10H2,1-2H3,(H,23,25). The van der Waals surface area contributed by atoms with Crippen molar-refractivity contribution in [3.05, 3.63) is 63.6 Å². The quantitative estimate of drug-likeness (QED) is 0.675. The number of benzene rings is 2. The zero-order chi connectivity index (χ0) is 19.1. The summed E-state index contributed by atoms with van der Waals surface area (Å²) in [5.41, 5.74) is 1.58. The minimum atomic E-state index is -0.313. The van der Waals surface area contributed by atoms with Crippen LogP contribution in [0.15, 0.2) is 42.5 Å². The molecule has 0 heterocycles. The molecular weight excluding hydrogens is 371 g/mol. The van der Waals surface area contributed by atoms with Gasteiger partial charge in [-0.05, 0) is 55.3 Å². The Morgan fingerprint density at radius 3 is 1.92 bits per heavy atom. The van der Waals surface area contributed by atoms with Gasteiger partial charge in [-0.25, -0.2) is 0 Å². The fourth-order valence-corrected chi connectivity index (χ4v) is 3.15. The molecule has 138 valence electrons. The summed E-state index contributed by atoms with van der Waals surface area (Å²) in [6, 6.07) is 11.5. The van der Waals surface area contributed by atoms with Crippen LogP contribution in [0.3, 0.4) is 0 Å². The van der Waals surface area contributed by atoms with Crippen molar-refractivity contribution >= 4 is 40.7 Å². The highest BCUT2D eigenvalue weighted by Crippen LogP contribution is 2.20. The van der Waals surface area contributed by atoms with Crippen LogP contribution in [0.4, 0.5) is 5.69 Å². The summed E-state index contributed by atoms with van der Waals surface area (Å²) in [4.78, 5) is 26.7. The fourth-order valence-electron chi connectivity index (χ4n) is 2.62. The SMILES string of the molecule is CCCN(CCC)C(=O)c1ccc(NC(=O)c2cc(Cl)cc(Cl)c2)cc1. The molecule has 0 bridgehead atoms. The maximum atomic E-state index is 12.6. The summed E-state index contributed by atoms with van der Waals surface area (Å²) in [5, 5.41) is 3.57. The highest BCUT2D eigenvalue weighted by Gasteiger charge is 2.14. The molecule has 0 saturated carbocycles. The summed E-state index contributed by atoms with van der Waals surface area (Å²) in [7, 11) is 0. The van der Waals surface area contributed by atoms with E-state index in [-0.39, 0.29) is 11.8 Å². The molecule has 2 amide bonds. The number of anilines is 1. The molecule has 0 unspecified atom stereocenters. The van der Waals surface area contributed by atoms with Crippen LogP contribution in [0.1, 0.15) is 47.4 Å². The zero-order valence-corrected chi connectivity index (χ0v) is 16.4. The topological polar surface area (TPSA) is 49.4 Å². The molecule has 6 heteroatoms. The van der Waals surface area contributed by atoms with Crippen molar-refractivity contribution in [2.75, 3.05) is 18.4 Å². The lowest BCUT2D eigenvalue weighted by molar-refractivity contribution is 0.0755. The zero-order valence-electron chi connectivity index (χ0n) is 14.9. The number of halogens is 2. The summed E-state index contributed by atoms with van der Waals surface area (Å²) >= 11 is 11.9. The fraction of sp³-hybridized carbons (Fsp3) is 0.300. The van der Waals surface area contributed by atoms with Crippen LogP contribution in [0.2, 0.25) is 10.0 Å². The average Bonchev–Trinajstić information content (AvgIpc) is 2.61. The Labute approximate surface area is 164 Å². The lowest BCUT2D eigenvalue weighted by Gasteiger charge is -2.21. The van der Waals surface area contributed by atoms with Gasteiger partial charge < -0.3 is 10.2 Å². The van der Waals surface area contributed by atoms with Gasteiger partial charge >= 0.3 is 0 Å². The number of amides is 2. The van der Waals surface area contributed by atoms with Gasteiger partial charge in [0.25, 0.3) is 11.8 Å². The molecule has 0 aliphatic rings. The predicted molar refractivity (Wildman–Crippen MR) is 107 cm³/mol. The van der Waals surface area contributed by atoms with E-state index in [1.807, 2.05) is 4.90 Å². The number of nitrogens with zero attached hydrogens (tertiary/aromatic N) is 1. The molecule has 4 nitrogen and oxygen atoms in total. The Kier molecular flexibility index (Phi) is 7.49. The summed E-state index contributed by atoms with van der Waals surface area (Å²) in [5.74, 6) is -0.305. The number of rotatable bonds is 7. The van der Waals surface area contributed by atoms with E-state index in [2.05, 4.69) is 19.2 Å². The van der Waals surface area contributed by atoms with Gasteiger partial charge in [-0.3, -0.25) is 9.59 Å². The first-order valence-electron chi connectivity index (χ1n) is 8.61. The van der Waals surface area contributed by atoms with Crippen molar-refractivity contribution in [2.24, 2.45) is 0 Å². The van der Waals surface area contributed by atoms with Crippen molar-refractivity contribution in [1.82, 2.24) is 4.90 Å². The molecule has 0 fully saturated rings. The largest absolute Gasteiger partial charge is 0.339 e. The molecule has 0 radical (unpaired) electrons. The molecule has 1 N–H and O–H groups in total. The molecule has 0 saturated heterocycles. The number of hydrogen-bond donors (Lipinski definition) is 1. The summed E-state index contributed by atoms with van der Waals surface area (Å²) < 4.78 is 0. The van der Waals surface area contributed by atoms with Crippen LogP contribution in [-0.2, 0) is 0 Å². The van der Waals surface area contributed by atoms with Crippen molar-refractivity contribution < 1.29 is 9.59 Å². The van der Waals surface area contributed by atoms with Gasteiger partial charge in [-0.1, -0.05) is 37.0 Å². The van der Waals surface area contributed by atoms with Gasteiger partial charge in [0.15, 0.2) is 0 Å². The normalized spacial score (nSPS) is 10.5. The Hall–Kier alpha value is -2.04. The first-order valence-corrected chi connectivity index (χ1v) is 9.37. The van der Waals surface area contributed by atoms with Gasteiger partial charge in [0, 0.05) is 39.9 Å². The van der Waals surface area contributed by atoms with Crippen molar-refractivity contribution in [2.45, 2.75) is 26.7 Å². The molecule has 0 aliphatic heterocycles. The van der Waals surface area contributed by atoms with E-state index in [9.17, 15) is 9.59 Å². The Balaban J connectivity index is 2.09. The van der Waals surface area contributed by atoms with Crippen molar-refractivity contribution in [3.63, 3.8) is 0 Å². The molecule has 2 rings (SSSR count). The highest BCUT2D eigenvalue weighted by atomic mass is 35.5. The van der Waals surface area contributed by atoms with Crippen LogP contribution in [-0.4, -0.2) is 29.8 Å². The van der Waals surface area contributed by atoms with Crippen molar-refractivity contribution in [1.29, 1.82) is 0 Å². The number of nitrogens with one attached hydrogen (secondary N) is 1. The number of carbonyl (C=O) groups is 2. The molecule has 2 aromatic rings. The second kappa shape index (κ2) is 9.60. The smallest absolute Gasteiger partial charge is 0.255 e. The second-order valence-corrected chi connectivity index (χ2v) is 6.85. The first kappa shape index (κ1) is 20.3. The van der Waals surface area contributed by atoms with E-state index in [1.165, 1.54) is 0 Å². The van der Waals surface area contributed by atoms with E-state index in [0.29, 0.717) is 26.9 Å². The maximum Gasteiger partial charge on any atom is 0.255 e. The molecule has 0 aromatic heterocycles. The van der Waals surface area contributed by atoms with Crippen molar-refractivity contribution in [3.8, 4) is 0 Å². The molecule has 26 heavy (non-hydrogen) atoms. The third kappa shape index (κ3) is 5.48. The Morgan fingerprint density at radius 2 is 1.42 bits per heavy atom. The predicted octanol–water partition coefficient (Wildman–Crippen LogP) is 5.51. The van der Waals surface area contributed by atoms with E-state index < -0.39 is 0 Å². The summed E-state index contributed by atoms with van der Waals surface area (Å²) in [6.45, 7) is 5.58. The molecular formula is C20H22Cl2N2O2. The Morgan fingerprint density at radius 1 is 0.885 bits per heavy atom. The van der Waals surface area contributed by atoms with Gasteiger partial charge in [0.1, 0.15) is 0 Å². The summed E-state index contributed by atoms with van der Waals surface area (Å²) in [6.07, 6.45) is 1.84. The van der Waals surface area contributed by atoms with E-state index in [4.69, 9.17) is 23.2 Å². The van der Waals surface area contributed by atoms with Gasteiger partial charge in [-0.15, -0.1) is 0 Å². The Bertz CT molecular complexity index is 750. The van der Waals surface area contributed by atoms with Crippen LogP contribution < -0.4 is 5.32 Å². The maximum absolute atomic E-state index is 12.6. The van der Waals surface area contributed by atoms with E-state index >= 15 is 0 Å². The third-order valence-electron chi connectivity index (χ3n) is 3.79. The minimum Gasteiger partial charge on any atom is -0.339 e. The highest BCUT2D eigenvalue weighted by molar-refractivity contribution is 6.35. The van der Waals surface area contributed by atoms with Crippen LogP contribution in [0.5, 0.6) is 0 Å². The van der Waals surface area contributed by atoms with Gasteiger partial charge in [0.05, 0.1) is 0 Å². The van der Waals surface area contributed by atoms with Crippen LogP contribution >= 0.6 is 23.2 Å². The minimum absolute atomic E-state index is 0.00759. The van der Waals surface area contributed by atoms with Gasteiger partial charge in [0.2, 0.25) is 0 Å². The molecule has 0 spiro atoms. The molecule has 0 atom stereocenters. The molecule has 2 aromatic carbocycles. The average molecular weight is 393 g/mol. The van der Waals surface area contributed by atoms with Crippen LogP contribution in [0.25, 0.3) is 0 Å². The van der Waals surface area contributed by atoms with Crippen LogP contribution in [0, 0.1) is 0 Å². The lowest BCUT2D eigenvalue weighted by Crippen LogP contribution is -2.32. The number of hydrogen-bond acceptors (Lipinski definition) is 2. The second-order valence-electron chi connectivity index (χ2n) is 5.98. The van der Waals surface area contributed by atoms with E-state index in [1.54, 1.807) is 42.5 Å². The third-order valence-corrected chi connectivity index (χ3v) is 4.23. The lowest BCUT2D eigenvalue weighted by atomic mass is 10.1. The monoisotopic (exact) mass is 392 g/mol. The first-order chi connectivity index (χ1) is 12.4. The van der Waals surface area contributed by atoms with Gasteiger partial charge in [-0.2, -0.15) is 0 Å². The van der Waals surface area contributed by atoms with E-state index in [0.717, 1.165) is 25.9 Å². The number of carbonyl (C=O) groups excluding carboxylic acids is 2. The molecule has 0 aliphatic carbocycles.